The van der Waals surface area contributed by atoms with Crippen molar-refractivity contribution in [3.63, 3.8) is 0 Å². The van der Waals surface area contributed by atoms with E-state index < -0.39 is 6.04 Å². The molecule has 0 aliphatic carbocycles. The van der Waals surface area contributed by atoms with E-state index in [4.69, 9.17) is 8.94 Å². The van der Waals surface area contributed by atoms with Crippen LogP contribution in [0.2, 0.25) is 0 Å². The van der Waals surface area contributed by atoms with Crippen molar-refractivity contribution in [2.24, 2.45) is 0 Å². The zero-order valence-electron chi connectivity index (χ0n) is 19.0. The molecule has 2 amide bonds. The number of urea groups is 1. The Balaban J connectivity index is 1.61. The summed E-state index contributed by atoms with van der Waals surface area (Å²) in [6.45, 7) is 6.18. The first kappa shape index (κ1) is 21.6. The number of furan rings is 1. The number of benzene rings is 2. The van der Waals surface area contributed by atoms with Crippen molar-refractivity contribution < 1.29 is 18.1 Å². The van der Waals surface area contributed by atoms with Gasteiger partial charge < -0.3 is 14.3 Å². The minimum atomic E-state index is -0.485. The lowest BCUT2D eigenvalue weighted by Crippen LogP contribution is -2.45. The number of amides is 2. The van der Waals surface area contributed by atoms with Gasteiger partial charge in [0.15, 0.2) is 0 Å². The lowest BCUT2D eigenvalue weighted by Gasteiger charge is -2.34. The van der Waals surface area contributed by atoms with Crippen molar-refractivity contribution in [1.29, 1.82) is 0 Å². The van der Waals surface area contributed by atoms with Crippen molar-refractivity contribution in [1.82, 2.24) is 20.4 Å². The minimum absolute atomic E-state index is 0.251. The maximum atomic E-state index is 13.4. The highest BCUT2D eigenvalue weighted by atomic mass is 19.1. The third kappa shape index (κ3) is 3.98. The third-order valence-electron chi connectivity index (χ3n) is 6.11. The number of rotatable bonds is 5. The number of carbonyl (C=O) groups excluding carboxylic acids is 1. The van der Waals surface area contributed by atoms with Crippen LogP contribution in [0.15, 0.2) is 75.5 Å². The normalized spacial score (nSPS) is 16.2. The molecule has 2 aromatic carbocycles. The maximum absolute atomic E-state index is 13.4. The van der Waals surface area contributed by atoms with Gasteiger partial charge in [0.2, 0.25) is 5.82 Å². The molecule has 1 aliphatic heterocycles. The molecule has 0 fully saturated rings. The quantitative estimate of drug-likeness (QED) is 0.410. The Labute approximate surface area is 195 Å². The van der Waals surface area contributed by atoms with E-state index in [0.717, 1.165) is 16.7 Å². The van der Waals surface area contributed by atoms with Crippen LogP contribution in [0.1, 0.15) is 41.3 Å². The van der Waals surface area contributed by atoms with Gasteiger partial charge in [-0.25, -0.2) is 9.18 Å². The zero-order chi connectivity index (χ0) is 23.8. The van der Waals surface area contributed by atoms with Crippen LogP contribution in [-0.2, 0) is 6.54 Å². The lowest BCUT2D eigenvalue weighted by atomic mass is 9.92. The topological polar surface area (TPSA) is 84.4 Å². The molecule has 0 saturated heterocycles. The fourth-order valence-electron chi connectivity index (χ4n) is 4.05. The van der Waals surface area contributed by atoms with Gasteiger partial charge in [0, 0.05) is 11.3 Å². The van der Waals surface area contributed by atoms with E-state index in [2.05, 4.69) is 15.5 Å². The second-order valence-corrected chi connectivity index (χ2v) is 8.32. The summed E-state index contributed by atoms with van der Waals surface area (Å²) in [6.07, 6.45) is 1.57. The molecule has 4 aromatic rings. The molecule has 0 radical (unpaired) electrons. The summed E-state index contributed by atoms with van der Waals surface area (Å²) in [6, 6.07) is 14.8. The van der Waals surface area contributed by atoms with Gasteiger partial charge in [-0.3, -0.25) is 4.90 Å². The van der Waals surface area contributed by atoms with Crippen molar-refractivity contribution in [3.8, 4) is 11.4 Å². The first-order chi connectivity index (χ1) is 16.4. The van der Waals surface area contributed by atoms with Crippen molar-refractivity contribution >= 4 is 11.6 Å². The fourth-order valence-corrected chi connectivity index (χ4v) is 4.05. The lowest BCUT2D eigenvalue weighted by molar-refractivity contribution is 0.199. The molecule has 0 saturated carbocycles. The molecule has 1 atom stereocenters. The van der Waals surface area contributed by atoms with Crippen LogP contribution >= 0.6 is 0 Å². The molecule has 1 N–H and O–H groups in total. The molecule has 172 valence electrons. The summed E-state index contributed by atoms with van der Waals surface area (Å²) in [4.78, 5) is 19.3. The first-order valence-corrected chi connectivity index (χ1v) is 10.9. The number of aromatic nitrogens is 2. The van der Waals surface area contributed by atoms with Crippen molar-refractivity contribution in [3.05, 3.63) is 101 Å². The number of hydrogen-bond acceptors (Lipinski definition) is 5. The van der Waals surface area contributed by atoms with E-state index in [0.29, 0.717) is 28.4 Å². The number of allylic oxidation sites excluding steroid dienone is 1. The van der Waals surface area contributed by atoms with Gasteiger partial charge in [-0.05, 0) is 73.9 Å². The van der Waals surface area contributed by atoms with Crippen LogP contribution < -0.4 is 5.32 Å². The van der Waals surface area contributed by atoms with Crippen LogP contribution in [-0.4, -0.2) is 21.1 Å². The zero-order valence-corrected chi connectivity index (χ0v) is 19.0. The van der Waals surface area contributed by atoms with E-state index in [9.17, 15) is 9.18 Å². The maximum Gasteiger partial charge on any atom is 0.322 e. The molecular formula is C26H23FN4O3. The van der Waals surface area contributed by atoms with Gasteiger partial charge in [-0.15, -0.1) is 0 Å². The number of nitrogens with one attached hydrogen (secondary N) is 1. The van der Waals surface area contributed by atoms with Gasteiger partial charge in [0.25, 0.3) is 5.89 Å². The number of hydrogen-bond donors (Lipinski definition) is 1. The number of nitrogens with zero attached hydrogens (tertiary/aromatic N) is 3. The molecule has 1 unspecified atom stereocenters. The van der Waals surface area contributed by atoms with Crippen molar-refractivity contribution in [2.75, 3.05) is 0 Å². The van der Waals surface area contributed by atoms with Gasteiger partial charge in [0.05, 0.1) is 24.4 Å². The Bertz CT molecular complexity index is 1370. The molecule has 0 spiro atoms. The molecule has 34 heavy (non-hydrogen) atoms. The second kappa shape index (κ2) is 8.62. The van der Waals surface area contributed by atoms with E-state index in [1.807, 2.05) is 45.0 Å². The highest BCUT2D eigenvalue weighted by molar-refractivity contribution is 5.86. The van der Waals surface area contributed by atoms with Gasteiger partial charge in [0.1, 0.15) is 11.6 Å². The van der Waals surface area contributed by atoms with Crippen LogP contribution in [0.3, 0.4) is 0 Å². The average molecular weight is 458 g/mol. The van der Waals surface area contributed by atoms with E-state index in [-0.39, 0.29) is 24.3 Å². The van der Waals surface area contributed by atoms with Crippen LogP contribution in [0.25, 0.3) is 17.0 Å². The Morgan fingerprint density at radius 1 is 1.06 bits per heavy atom. The predicted molar refractivity (Wildman–Crippen MR) is 124 cm³/mol. The smallest absolute Gasteiger partial charge is 0.322 e. The Kier molecular flexibility index (Phi) is 5.49. The standard InChI is InChI=1S/C26H23FN4O3/c1-15-6-7-19(13-16(15)2)23-22(17(3)31(26(32)28-23)14-21-5-4-12-33-21)25-29-24(30-34-25)18-8-10-20(27)11-9-18/h4-13,23H,14H2,1-3H3,(H,28,32). The van der Waals surface area contributed by atoms with E-state index in [1.165, 1.54) is 12.1 Å². The Morgan fingerprint density at radius 2 is 1.85 bits per heavy atom. The summed E-state index contributed by atoms with van der Waals surface area (Å²) < 4.78 is 24.5. The van der Waals surface area contributed by atoms with E-state index in [1.54, 1.807) is 29.4 Å². The van der Waals surface area contributed by atoms with Gasteiger partial charge in [-0.1, -0.05) is 23.4 Å². The fraction of sp³-hybridized carbons (Fsp3) is 0.192. The number of aryl methyl sites for hydroxylation is 2. The van der Waals surface area contributed by atoms with Crippen LogP contribution in [0.4, 0.5) is 9.18 Å². The summed E-state index contributed by atoms with van der Waals surface area (Å²) in [5, 5.41) is 7.20. The molecule has 1 aliphatic rings. The number of carbonyl (C=O) groups is 1. The molecular weight excluding hydrogens is 435 g/mol. The molecule has 7 nitrogen and oxygen atoms in total. The average Bonchev–Trinajstić information content (AvgIpc) is 3.51. The van der Waals surface area contributed by atoms with Gasteiger partial charge in [-0.2, -0.15) is 4.98 Å². The predicted octanol–water partition coefficient (Wildman–Crippen LogP) is 5.78. The SMILES string of the molecule is CC1=C(c2nc(-c3ccc(F)cc3)no2)C(c2ccc(C)c(C)c2)NC(=O)N1Cc1ccco1. The summed E-state index contributed by atoms with van der Waals surface area (Å²) in [5.41, 5.74) is 5.17. The van der Waals surface area contributed by atoms with Crippen LogP contribution in [0.5, 0.6) is 0 Å². The Morgan fingerprint density at radius 3 is 2.56 bits per heavy atom. The highest BCUT2D eigenvalue weighted by Gasteiger charge is 2.36. The highest BCUT2D eigenvalue weighted by Crippen LogP contribution is 2.38. The molecule has 2 aromatic heterocycles. The van der Waals surface area contributed by atoms with Crippen LogP contribution in [0, 0.1) is 19.7 Å². The summed E-state index contributed by atoms with van der Waals surface area (Å²) >= 11 is 0. The molecule has 0 bridgehead atoms. The molecule has 8 heteroatoms. The molecule has 5 rings (SSSR count). The molecule has 3 heterocycles. The summed E-state index contributed by atoms with van der Waals surface area (Å²) in [5.74, 6) is 0.925. The van der Waals surface area contributed by atoms with E-state index >= 15 is 0 Å². The monoisotopic (exact) mass is 458 g/mol. The summed E-state index contributed by atoms with van der Waals surface area (Å²) in [7, 11) is 0. The first-order valence-electron chi connectivity index (χ1n) is 10.9. The minimum Gasteiger partial charge on any atom is -0.467 e. The largest absolute Gasteiger partial charge is 0.467 e. The van der Waals surface area contributed by atoms with Crippen molar-refractivity contribution in [2.45, 2.75) is 33.4 Å². The third-order valence-corrected chi connectivity index (χ3v) is 6.11. The number of halogens is 1. The second-order valence-electron chi connectivity index (χ2n) is 8.32. The Hall–Kier alpha value is -4.20. The van der Waals surface area contributed by atoms with Gasteiger partial charge >= 0.3 is 6.03 Å².